The van der Waals surface area contributed by atoms with Crippen molar-refractivity contribution in [3.63, 3.8) is 0 Å². The Hall–Kier alpha value is -4.53. The summed E-state index contributed by atoms with van der Waals surface area (Å²) < 4.78 is 0. The molecule has 5 rings (SSSR count). The summed E-state index contributed by atoms with van der Waals surface area (Å²) in [6, 6.07) is 7.73. The molecule has 0 bridgehead atoms. The van der Waals surface area contributed by atoms with Gasteiger partial charge in [0.1, 0.15) is 17.5 Å². The molecule has 0 spiro atoms. The summed E-state index contributed by atoms with van der Waals surface area (Å²) >= 11 is 0. The van der Waals surface area contributed by atoms with E-state index < -0.39 is 0 Å². The molecule has 0 atom stereocenters. The van der Waals surface area contributed by atoms with Crippen molar-refractivity contribution in [2.45, 2.75) is 6.92 Å². The van der Waals surface area contributed by atoms with Crippen LogP contribution in [0.3, 0.4) is 0 Å². The molecule has 0 aliphatic heterocycles. The quantitative estimate of drug-likeness (QED) is 0.336. The number of hydrogen-bond donors (Lipinski definition) is 2. The van der Waals surface area contributed by atoms with E-state index in [0.717, 1.165) is 38.8 Å². The van der Waals surface area contributed by atoms with Crippen molar-refractivity contribution in [1.29, 1.82) is 0 Å². The minimum absolute atomic E-state index is 0.638. The zero-order chi connectivity index (χ0) is 21.2. The van der Waals surface area contributed by atoms with Crippen LogP contribution in [0.25, 0.3) is 50.4 Å². The number of aromatic amines is 2. The van der Waals surface area contributed by atoms with Gasteiger partial charge >= 0.3 is 0 Å². The standard InChI is InChI=1S/C22H17N9/c1-13(10-25-12-23-2)15-9-16-19(30-31-21(16)27-11-15)22-28-17-5-8-26-18(20(17)29-22)14-3-6-24-7-4-14/h3-12H,2H2,1H3,(H,28,29)(H,27,30,31)/b13-10+,25-12-. The van der Waals surface area contributed by atoms with E-state index in [2.05, 4.69) is 46.8 Å². The molecule has 9 nitrogen and oxygen atoms in total. The Bertz CT molecular complexity index is 1460. The summed E-state index contributed by atoms with van der Waals surface area (Å²) in [7, 11) is 0. The molecule has 0 amide bonds. The highest BCUT2D eigenvalue weighted by atomic mass is 15.2. The highest BCUT2D eigenvalue weighted by Gasteiger charge is 2.16. The second-order valence-corrected chi connectivity index (χ2v) is 6.83. The number of hydrogen-bond acceptors (Lipinski definition) is 6. The zero-order valence-electron chi connectivity index (χ0n) is 16.6. The normalized spacial score (nSPS) is 12.2. The molecular weight excluding hydrogens is 390 g/mol. The Morgan fingerprint density at radius 3 is 2.81 bits per heavy atom. The fourth-order valence-corrected chi connectivity index (χ4v) is 3.33. The van der Waals surface area contributed by atoms with E-state index >= 15 is 0 Å². The summed E-state index contributed by atoms with van der Waals surface area (Å²) in [5, 5.41) is 8.29. The van der Waals surface area contributed by atoms with Crippen molar-refractivity contribution in [1.82, 2.24) is 35.1 Å². The Morgan fingerprint density at radius 1 is 1.10 bits per heavy atom. The van der Waals surface area contributed by atoms with E-state index in [9.17, 15) is 0 Å². The molecule has 0 unspecified atom stereocenters. The minimum atomic E-state index is 0.638. The van der Waals surface area contributed by atoms with Gasteiger partial charge in [0, 0.05) is 36.6 Å². The number of rotatable bonds is 5. The first-order valence-electron chi connectivity index (χ1n) is 9.49. The fraction of sp³-hybridized carbons (Fsp3) is 0.0455. The molecular formula is C22H17N9. The molecule has 0 radical (unpaired) electrons. The summed E-state index contributed by atoms with van der Waals surface area (Å²) in [5.41, 5.74) is 6.60. The molecule has 5 aromatic heterocycles. The van der Waals surface area contributed by atoms with Crippen molar-refractivity contribution in [2.24, 2.45) is 9.98 Å². The van der Waals surface area contributed by atoms with Gasteiger partial charge < -0.3 is 4.98 Å². The van der Waals surface area contributed by atoms with Crippen LogP contribution in [0.4, 0.5) is 0 Å². The minimum Gasteiger partial charge on any atom is -0.336 e. The van der Waals surface area contributed by atoms with Crippen LogP contribution in [0.5, 0.6) is 0 Å². The number of nitrogens with zero attached hydrogens (tertiary/aromatic N) is 7. The number of H-pyrrole nitrogens is 2. The van der Waals surface area contributed by atoms with Crippen LogP contribution in [-0.4, -0.2) is 48.2 Å². The molecule has 0 fully saturated rings. The van der Waals surface area contributed by atoms with Crippen molar-refractivity contribution in [2.75, 3.05) is 0 Å². The summed E-state index contributed by atoms with van der Waals surface area (Å²) in [6.45, 7) is 5.34. The largest absolute Gasteiger partial charge is 0.336 e. The van der Waals surface area contributed by atoms with Crippen LogP contribution in [0, 0.1) is 0 Å². The van der Waals surface area contributed by atoms with Gasteiger partial charge in [-0.3, -0.25) is 20.1 Å². The Balaban J connectivity index is 1.63. The van der Waals surface area contributed by atoms with Crippen LogP contribution < -0.4 is 0 Å². The predicted octanol–water partition coefficient (Wildman–Crippen LogP) is 4.05. The van der Waals surface area contributed by atoms with E-state index in [4.69, 9.17) is 4.98 Å². The van der Waals surface area contributed by atoms with Crippen LogP contribution in [0.2, 0.25) is 0 Å². The van der Waals surface area contributed by atoms with Gasteiger partial charge in [0.2, 0.25) is 0 Å². The smallest absolute Gasteiger partial charge is 0.159 e. The second kappa shape index (κ2) is 7.71. The number of allylic oxidation sites excluding steroid dienone is 1. The van der Waals surface area contributed by atoms with Crippen LogP contribution in [0.1, 0.15) is 12.5 Å². The number of aliphatic imine (C=N–C) groups is 2. The van der Waals surface area contributed by atoms with E-state index in [0.29, 0.717) is 17.2 Å². The third-order valence-electron chi connectivity index (χ3n) is 4.87. The van der Waals surface area contributed by atoms with Gasteiger partial charge in [0.15, 0.2) is 11.5 Å². The highest BCUT2D eigenvalue weighted by Crippen LogP contribution is 2.30. The molecule has 0 saturated carbocycles. The lowest BCUT2D eigenvalue weighted by molar-refractivity contribution is 1.09. The second-order valence-electron chi connectivity index (χ2n) is 6.83. The number of fused-ring (bicyclic) bond motifs is 2. The first-order chi connectivity index (χ1) is 15.2. The maximum atomic E-state index is 4.81. The van der Waals surface area contributed by atoms with Gasteiger partial charge in [0.05, 0.1) is 16.6 Å². The Morgan fingerprint density at radius 2 is 1.97 bits per heavy atom. The van der Waals surface area contributed by atoms with Gasteiger partial charge in [-0.15, -0.1) is 0 Å². The van der Waals surface area contributed by atoms with E-state index in [1.54, 1.807) is 31.0 Å². The molecule has 5 heterocycles. The van der Waals surface area contributed by atoms with Gasteiger partial charge in [0.25, 0.3) is 0 Å². The van der Waals surface area contributed by atoms with Crippen molar-refractivity contribution in [3.05, 3.63) is 60.8 Å². The molecule has 31 heavy (non-hydrogen) atoms. The molecule has 9 heteroatoms. The van der Waals surface area contributed by atoms with E-state index in [1.165, 1.54) is 6.34 Å². The SMILES string of the molecule is C=N/C=N\C=C(/C)c1cnc2[nH]nc(-c3nc4c(-c5ccncc5)nccc4[nH]3)c2c1. The summed E-state index contributed by atoms with van der Waals surface area (Å²) in [6.07, 6.45) is 10.1. The van der Waals surface area contributed by atoms with Gasteiger partial charge in [-0.25, -0.2) is 15.0 Å². The summed E-state index contributed by atoms with van der Waals surface area (Å²) in [5.74, 6) is 0.638. The lowest BCUT2D eigenvalue weighted by Crippen LogP contribution is -1.86. The summed E-state index contributed by atoms with van der Waals surface area (Å²) in [4.78, 5) is 28.9. The molecule has 0 aliphatic carbocycles. The van der Waals surface area contributed by atoms with E-state index in [-0.39, 0.29) is 0 Å². The average molecular weight is 407 g/mol. The average Bonchev–Trinajstić information content (AvgIpc) is 3.43. The number of nitrogens with one attached hydrogen (secondary N) is 2. The van der Waals surface area contributed by atoms with E-state index in [1.807, 2.05) is 31.2 Å². The number of imidazole rings is 1. The topological polar surface area (TPSA) is 121 Å². The lowest BCUT2D eigenvalue weighted by atomic mass is 10.1. The molecule has 5 aromatic rings. The maximum absolute atomic E-state index is 4.81. The molecule has 0 aliphatic rings. The van der Waals surface area contributed by atoms with Crippen LogP contribution in [0.15, 0.2) is 65.2 Å². The van der Waals surface area contributed by atoms with Crippen molar-refractivity contribution >= 4 is 40.7 Å². The zero-order valence-corrected chi connectivity index (χ0v) is 16.6. The van der Waals surface area contributed by atoms with Gasteiger partial charge in [-0.2, -0.15) is 5.10 Å². The number of pyridine rings is 3. The molecule has 150 valence electrons. The monoisotopic (exact) mass is 407 g/mol. The third kappa shape index (κ3) is 3.38. The lowest BCUT2D eigenvalue weighted by Gasteiger charge is -2.00. The Kier molecular flexibility index (Phi) is 4.60. The molecule has 0 aromatic carbocycles. The highest BCUT2D eigenvalue weighted by molar-refractivity contribution is 5.95. The number of aromatic nitrogens is 7. The van der Waals surface area contributed by atoms with Crippen LogP contribution >= 0.6 is 0 Å². The first-order valence-corrected chi connectivity index (χ1v) is 9.49. The Labute approximate surface area is 176 Å². The van der Waals surface area contributed by atoms with Crippen molar-refractivity contribution < 1.29 is 0 Å². The maximum Gasteiger partial charge on any atom is 0.159 e. The van der Waals surface area contributed by atoms with Gasteiger partial charge in [-0.1, -0.05) is 0 Å². The third-order valence-corrected chi connectivity index (χ3v) is 4.87. The molecule has 0 saturated heterocycles. The fourth-order valence-electron chi connectivity index (χ4n) is 3.33. The first kappa shape index (κ1) is 18.5. The van der Waals surface area contributed by atoms with Crippen LogP contribution in [-0.2, 0) is 0 Å². The van der Waals surface area contributed by atoms with Gasteiger partial charge in [-0.05, 0) is 49.0 Å². The molecule has 2 N–H and O–H groups in total. The predicted molar refractivity (Wildman–Crippen MR) is 122 cm³/mol. The van der Waals surface area contributed by atoms with Crippen molar-refractivity contribution in [3.8, 4) is 22.8 Å².